The number of amides is 1. The fraction of sp³-hybridized carbons (Fsp3) is 0.250. The molecule has 33 heavy (non-hydrogen) atoms. The van der Waals surface area contributed by atoms with Crippen LogP contribution in [0.1, 0.15) is 5.56 Å². The van der Waals surface area contributed by atoms with Gasteiger partial charge in [-0.3, -0.25) is 4.79 Å². The van der Waals surface area contributed by atoms with Gasteiger partial charge in [0.1, 0.15) is 11.5 Å². The van der Waals surface area contributed by atoms with Crippen molar-refractivity contribution in [3.63, 3.8) is 0 Å². The lowest BCUT2D eigenvalue weighted by Crippen LogP contribution is -2.28. The number of thioether (sulfide) groups is 1. The highest BCUT2D eigenvalue weighted by atomic mass is 32.2. The second kappa shape index (κ2) is 10.9. The number of hydrogen-bond acceptors (Lipinski definition) is 7. The largest absolute Gasteiger partial charge is 0.435 e. The third-order valence-electron chi connectivity index (χ3n) is 4.32. The minimum atomic E-state index is -2.92. The molecular weight excluding hydrogens is 466 g/mol. The molecule has 0 aliphatic rings. The van der Waals surface area contributed by atoms with Crippen LogP contribution in [-0.2, 0) is 11.3 Å². The number of carbonyl (C=O) groups excluding carboxylic acids is 1. The zero-order valence-electron chi connectivity index (χ0n) is 17.2. The smallest absolute Gasteiger partial charge is 0.387 e. The molecule has 3 rings (SSSR count). The van der Waals surface area contributed by atoms with E-state index >= 15 is 0 Å². The number of ether oxygens (including phenoxy) is 2. The monoisotopic (exact) mass is 485 g/mol. The predicted molar refractivity (Wildman–Crippen MR) is 113 cm³/mol. The Labute approximate surface area is 190 Å². The fourth-order valence-corrected chi connectivity index (χ4v) is 3.53. The highest BCUT2D eigenvalue weighted by Crippen LogP contribution is 2.24. The van der Waals surface area contributed by atoms with Crippen molar-refractivity contribution < 1.29 is 31.8 Å². The fourth-order valence-electron chi connectivity index (χ4n) is 2.73. The lowest BCUT2D eigenvalue weighted by atomic mass is 10.2. The first-order valence-electron chi connectivity index (χ1n) is 9.39. The summed E-state index contributed by atoms with van der Waals surface area (Å²) in [5.41, 5.74) is 1.27. The summed E-state index contributed by atoms with van der Waals surface area (Å²) in [4.78, 5) is 13.9. The number of alkyl halides is 4. The number of nitrogens with zero attached hydrogens (tertiary/aromatic N) is 4. The van der Waals surface area contributed by atoms with Crippen LogP contribution in [0, 0.1) is 0 Å². The molecule has 0 aliphatic heterocycles. The summed E-state index contributed by atoms with van der Waals surface area (Å²) in [6.45, 7) is -5.56. The Hall–Kier alpha value is -3.48. The molecule has 8 nitrogen and oxygen atoms in total. The molecule has 0 atom stereocenters. The molecule has 0 spiro atoms. The zero-order chi connectivity index (χ0) is 24.0. The summed E-state index contributed by atoms with van der Waals surface area (Å²) < 4.78 is 58.8. The molecule has 0 bridgehead atoms. The van der Waals surface area contributed by atoms with Gasteiger partial charge in [0, 0.05) is 19.2 Å². The first-order chi connectivity index (χ1) is 15.7. The van der Waals surface area contributed by atoms with Crippen LogP contribution in [-0.4, -0.2) is 51.7 Å². The molecule has 176 valence electrons. The predicted octanol–water partition coefficient (Wildman–Crippen LogP) is 3.61. The van der Waals surface area contributed by atoms with E-state index in [1.165, 1.54) is 46.0 Å². The quantitative estimate of drug-likeness (QED) is 0.266. The van der Waals surface area contributed by atoms with Crippen LogP contribution in [0.2, 0.25) is 0 Å². The van der Waals surface area contributed by atoms with Crippen LogP contribution in [0.15, 0.2) is 53.7 Å². The molecule has 1 aromatic heterocycles. The SMILES string of the molecule is CN(Cc1ccc(OC(F)F)cc1)C(=O)CSc1nnc(-c2ccc(OC(F)F)cc2)n1N. The minimum Gasteiger partial charge on any atom is -0.435 e. The summed E-state index contributed by atoms with van der Waals surface area (Å²) in [7, 11) is 1.61. The van der Waals surface area contributed by atoms with E-state index in [-0.39, 0.29) is 40.7 Å². The van der Waals surface area contributed by atoms with Crippen molar-refractivity contribution in [3.05, 3.63) is 54.1 Å². The van der Waals surface area contributed by atoms with E-state index in [4.69, 9.17) is 5.84 Å². The number of nitrogens with two attached hydrogens (primary N) is 1. The Morgan fingerprint density at radius 3 is 2.09 bits per heavy atom. The van der Waals surface area contributed by atoms with Crippen molar-refractivity contribution in [1.29, 1.82) is 0 Å². The normalized spacial score (nSPS) is 11.1. The van der Waals surface area contributed by atoms with Crippen LogP contribution in [0.25, 0.3) is 11.4 Å². The van der Waals surface area contributed by atoms with E-state index in [9.17, 15) is 22.4 Å². The number of hydrogen-bond donors (Lipinski definition) is 1. The average Bonchev–Trinajstić information content (AvgIpc) is 3.13. The Kier molecular flexibility index (Phi) is 7.98. The number of benzene rings is 2. The van der Waals surface area contributed by atoms with E-state index in [0.717, 1.165) is 17.3 Å². The van der Waals surface area contributed by atoms with Crippen LogP contribution in [0.3, 0.4) is 0 Å². The highest BCUT2D eigenvalue weighted by molar-refractivity contribution is 7.99. The molecule has 3 aromatic rings. The molecular formula is C20H19F4N5O3S. The van der Waals surface area contributed by atoms with Gasteiger partial charge >= 0.3 is 13.2 Å². The van der Waals surface area contributed by atoms with Gasteiger partial charge in [0.25, 0.3) is 0 Å². The van der Waals surface area contributed by atoms with Gasteiger partial charge in [0.15, 0.2) is 5.82 Å². The molecule has 2 N–H and O–H groups in total. The highest BCUT2D eigenvalue weighted by Gasteiger charge is 2.16. The number of halogens is 4. The van der Waals surface area contributed by atoms with Crippen molar-refractivity contribution in [2.75, 3.05) is 18.6 Å². The molecule has 1 heterocycles. The number of carbonyl (C=O) groups is 1. The second-order valence-corrected chi connectivity index (χ2v) is 7.58. The van der Waals surface area contributed by atoms with E-state index in [0.29, 0.717) is 5.56 Å². The van der Waals surface area contributed by atoms with Gasteiger partial charge in [-0.05, 0) is 42.0 Å². The third-order valence-corrected chi connectivity index (χ3v) is 5.25. The van der Waals surface area contributed by atoms with Gasteiger partial charge in [-0.2, -0.15) is 17.6 Å². The van der Waals surface area contributed by atoms with Gasteiger partial charge in [-0.1, -0.05) is 23.9 Å². The van der Waals surface area contributed by atoms with Gasteiger partial charge in [-0.15, -0.1) is 10.2 Å². The van der Waals surface area contributed by atoms with Crippen molar-refractivity contribution in [2.45, 2.75) is 24.9 Å². The number of nitrogen functional groups attached to an aromatic ring is 1. The maximum Gasteiger partial charge on any atom is 0.387 e. The number of rotatable bonds is 10. The van der Waals surface area contributed by atoms with E-state index < -0.39 is 13.2 Å². The summed E-state index contributed by atoms with van der Waals surface area (Å²) in [5, 5.41) is 8.23. The van der Waals surface area contributed by atoms with Crippen molar-refractivity contribution >= 4 is 17.7 Å². The van der Waals surface area contributed by atoms with Crippen molar-refractivity contribution in [2.24, 2.45) is 0 Å². The van der Waals surface area contributed by atoms with E-state index in [1.807, 2.05) is 0 Å². The topological polar surface area (TPSA) is 95.5 Å². The molecule has 0 aliphatic carbocycles. The van der Waals surface area contributed by atoms with Crippen LogP contribution in [0.5, 0.6) is 11.5 Å². The van der Waals surface area contributed by atoms with E-state index in [2.05, 4.69) is 19.7 Å². The Balaban J connectivity index is 1.55. The molecule has 0 saturated carbocycles. The van der Waals surface area contributed by atoms with Gasteiger partial charge in [0.05, 0.1) is 5.75 Å². The number of aromatic nitrogens is 3. The first kappa shape index (κ1) is 24.2. The zero-order valence-corrected chi connectivity index (χ0v) is 18.0. The van der Waals surface area contributed by atoms with Gasteiger partial charge < -0.3 is 20.2 Å². The van der Waals surface area contributed by atoms with E-state index in [1.54, 1.807) is 19.2 Å². The second-order valence-electron chi connectivity index (χ2n) is 6.64. The molecule has 1 amide bonds. The average molecular weight is 485 g/mol. The van der Waals surface area contributed by atoms with Gasteiger partial charge in [0.2, 0.25) is 11.1 Å². The standard InChI is InChI=1S/C20H19F4N5O3S/c1-28(10-12-2-6-14(7-3-12)31-18(21)22)16(30)11-33-20-27-26-17(29(20)25)13-4-8-15(9-5-13)32-19(23)24/h2-9,18-19H,10-11,25H2,1H3. The van der Waals surface area contributed by atoms with Crippen molar-refractivity contribution in [3.8, 4) is 22.9 Å². The lowest BCUT2D eigenvalue weighted by molar-refractivity contribution is -0.127. The first-order valence-corrected chi connectivity index (χ1v) is 10.4. The Morgan fingerprint density at radius 1 is 1.00 bits per heavy atom. The summed E-state index contributed by atoms with van der Waals surface area (Å²) in [5.74, 6) is 6.15. The molecule has 13 heteroatoms. The molecule has 2 aromatic carbocycles. The molecule has 0 radical (unpaired) electrons. The van der Waals surface area contributed by atoms with Crippen LogP contribution < -0.4 is 15.3 Å². The minimum absolute atomic E-state index is 0.00347. The third kappa shape index (κ3) is 6.75. The molecule has 0 unspecified atom stereocenters. The summed E-state index contributed by atoms with van der Waals surface area (Å²) in [6, 6.07) is 11.7. The Bertz CT molecular complexity index is 1060. The molecule has 0 fully saturated rings. The van der Waals surface area contributed by atoms with Gasteiger partial charge in [-0.25, -0.2) is 4.68 Å². The maximum absolute atomic E-state index is 12.5. The van der Waals surface area contributed by atoms with Crippen molar-refractivity contribution in [1.82, 2.24) is 19.8 Å². The summed E-state index contributed by atoms with van der Waals surface area (Å²) in [6.07, 6.45) is 0. The maximum atomic E-state index is 12.5. The molecule has 0 saturated heterocycles. The van der Waals surface area contributed by atoms with Crippen LogP contribution in [0.4, 0.5) is 17.6 Å². The van der Waals surface area contributed by atoms with Crippen LogP contribution >= 0.6 is 11.8 Å². The Morgan fingerprint density at radius 2 is 1.55 bits per heavy atom. The summed E-state index contributed by atoms with van der Waals surface area (Å²) >= 11 is 1.08. The lowest BCUT2D eigenvalue weighted by Gasteiger charge is -2.17.